The van der Waals surface area contributed by atoms with Gasteiger partial charge in [-0.2, -0.15) is 0 Å². The molecule has 1 heterocycles. The molecule has 0 atom stereocenters. The van der Waals surface area contributed by atoms with Crippen LogP contribution in [-0.2, 0) is 0 Å². The lowest BCUT2D eigenvalue weighted by atomic mass is 10.2. The average molecular weight is 190 g/mol. The Labute approximate surface area is 81.5 Å². The van der Waals surface area contributed by atoms with Gasteiger partial charge in [-0.05, 0) is 18.2 Å². The van der Waals surface area contributed by atoms with Gasteiger partial charge in [0.25, 0.3) is 0 Å². The summed E-state index contributed by atoms with van der Waals surface area (Å²) in [6.07, 6.45) is 0. The van der Waals surface area contributed by atoms with Crippen molar-refractivity contribution in [3.63, 3.8) is 0 Å². The van der Waals surface area contributed by atoms with E-state index in [0.717, 1.165) is 10.9 Å². The molecule has 1 aromatic heterocycles. The fourth-order valence-corrected chi connectivity index (χ4v) is 1.30. The molecule has 0 saturated heterocycles. The van der Waals surface area contributed by atoms with E-state index in [4.69, 9.17) is 4.42 Å². The third kappa shape index (κ3) is 1.48. The summed E-state index contributed by atoms with van der Waals surface area (Å²) in [5.41, 5.74) is 1.46. The topological polar surface area (TPSA) is 36.4 Å². The molecule has 0 fully saturated rings. The molecule has 1 N–H and O–H groups in total. The van der Waals surface area contributed by atoms with Gasteiger partial charge in [-0.3, -0.25) is 0 Å². The highest BCUT2D eigenvalue weighted by Crippen LogP contribution is 2.17. The van der Waals surface area contributed by atoms with Gasteiger partial charge in [-0.1, -0.05) is 0 Å². The first-order valence-corrected chi connectivity index (χ1v) is 4.40. The molecule has 0 bridgehead atoms. The Morgan fingerprint density at radius 1 is 1.14 bits per heavy atom. The molecule has 2 aromatic rings. The zero-order valence-corrected chi connectivity index (χ0v) is 8.19. The Bertz CT molecular complexity index is 536. The number of fused-ring (bicyclic) bond motifs is 1. The van der Waals surface area contributed by atoms with E-state index < -0.39 is 0 Å². The minimum Gasteiger partial charge on any atom is -0.508 e. The highest BCUT2D eigenvalue weighted by Gasteiger charge is 2.00. The molecule has 72 valence electrons. The summed E-state index contributed by atoms with van der Waals surface area (Å²) in [5.74, 6) is 0.220. The Morgan fingerprint density at radius 2 is 1.86 bits per heavy atom. The minimum atomic E-state index is 0.220. The largest absolute Gasteiger partial charge is 0.508 e. The van der Waals surface area contributed by atoms with Crippen molar-refractivity contribution < 1.29 is 9.52 Å². The van der Waals surface area contributed by atoms with Gasteiger partial charge in [-0.25, -0.2) is 4.58 Å². The number of nitrogens with zero attached hydrogens (tertiary/aromatic N) is 1. The van der Waals surface area contributed by atoms with Crippen LogP contribution in [0.25, 0.3) is 11.0 Å². The smallest absolute Gasteiger partial charge is 0.367 e. The maximum atomic E-state index is 9.29. The van der Waals surface area contributed by atoms with Crippen molar-refractivity contribution in [2.45, 2.75) is 0 Å². The monoisotopic (exact) mass is 190 g/mol. The van der Waals surface area contributed by atoms with Crippen molar-refractivity contribution in [2.75, 3.05) is 14.1 Å². The van der Waals surface area contributed by atoms with Crippen LogP contribution in [0, 0.1) is 0 Å². The Morgan fingerprint density at radius 3 is 2.57 bits per heavy atom. The van der Waals surface area contributed by atoms with Crippen molar-refractivity contribution >= 4 is 11.0 Å². The third-order valence-corrected chi connectivity index (χ3v) is 2.06. The van der Waals surface area contributed by atoms with Crippen LogP contribution in [0.1, 0.15) is 0 Å². The molecular formula is C11H12NO2+. The van der Waals surface area contributed by atoms with E-state index >= 15 is 0 Å². The highest BCUT2D eigenvalue weighted by atomic mass is 16.3. The van der Waals surface area contributed by atoms with E-state index in [1.807, 2.05) is 36.9 Å². The fourth-order valence-electron chi connectivity index (χ4n) is 1.30. The van der Waals surface area contributed by atoms with Gasteiger partial charge in [0.2, 0.25) is 0 Å². The second-order valence-corrected chi connectivity index (χ2v) is 3.39. The second-order valence-electron chi connectivity index (χ2n) is 3.39. The molecule has 0 unspecified atom stereocenters. The Balaban J connectivity index is 2.83. The summed E-state index contributed by atoms with van der Waals surface area (Å²) in [5, 5.41) is 10.3. The average Bonchev–Trinajstić information content (AvgIpc) is 2.16. The standard InChI is InChI=1S/C11H11NO2/c1-12(2)11-6-4-8-3-5-9(13)7-10(8)14-11/h3-7H,1-2H3/p+1. The molecular weight excluding hydrogens is 178 g/mol. The van der Waals surface area contributed by atoms with Gasteiger partial charge in [-0.15, -0.1) is 0 Å². The minimum absolute atomic E-state index is 0.220. The molecule has 0 saturated carbocycles. The fraction of sp³-hybridized carbons (Fsp3) is 0.182. The molecule has 0 amide bonds. The Hall–Kier alpha value is -1.77. The molecule has 0 spiro atoms. The van der Waals surface area contributed by atoms with Crippen LogP contribution in [0.4, 0.5) is 0 Å². The molecule has 0 aliphatic heterocycles. The summed E-state index contributed by atoms with van der Waals surface area (Å²) < 4.78 is 7.45. The quantitative estimate of drug-likeness (QED) is 0.633. The van der Waals surface area contributed by atoms with Crippen molar-refractivity contribution in [1.29, 1.82) is 0 Å². The van der Waals surface area contributed by atoms with Crippen LogP contribution in [0.15, 0.2) is 34.7 Å². The molecule has 0 aliphatic carbocycles. The number of aromatic hydroxyl groups is 1. The number of hydrogen-bond donors (Lipinski definition) is 1. The molecule has 1 aromatic carbocycles. The van der Waals surface area contributed by atoms with E-state index in [9.17, 15) is 5.11 Å². The normalized spacial score (nSPS) is 10.4. The number of rotatable bonds is 0. The molecule has 3 heteroatoms. The number of phenolic OH excluding ortho intramolecular Hbond substituents is 1. The summed E-state index contributed by atoms with van der Waals surface area (Å²) in [7, 11) is 3.82. The van der Waals surface area contributed by atoms with Crippen molar-refractivity contribution in [3.05, 3.63) is 35.9 Å². The van der Waals surface area contributed by atoms with Crippen LogP contribution < -0.4 is 10.1 Å². The zero-order valence-electron chi connectivity index (χ0n) is 8.19. The Kier molecular flexibility index (Phi) is 2.00. The van der Waals surface area contributed by atoms with E-state index in [1.54, 1.807) is 12.1 Å². The highest BCUT2D eigenvalue weighted by molar-refractivity contribution is 5.77. The third-order valence-electron chi connectivity index (χ3n) is 2.06. The predicted molar refractivity (Wildman–Crippen MR) is 55.0 cm³/mol. The summed E-state index contributed by atoms with van der Waals surface area (Å²) in [6.45, 7) is 0. The molecule has 2 rings (SSSR count). The lowest BCUT2D eigenvalue weighted by molar-refractivity contribution is 0.467. The lowest BCUT2D eigenvalue weighted by Crippen LogP contribution is -2.20. The van der Waals surface area contributed by atoms with Gasteiger partial charge >= 0.3 is 5.55 Å². The van der Waals surface area contributed by atoms with E-state index in [2.05, 4.69) is 0 Å². The van der Waals surface area contributed by atoms with Crippen LogP contribution >= 0.6 is 0 Å². The second kappa shape index (κ2) is 3.18. The summed E-state index contributed by atoms with van der Waals surface area (Å²) in [4.78, 5) is 0. The molecule has 0 aliphatic rings. The summed E-state index contributed by atoms with van der Waals surface area (Å²) >= 11 is 0. The molecule has 3 nitrogen and oxygen atoms in total. The number of benzene rings is 1. The van der Waals surface area contributed by atoms with Crippen molar-refractivity contribution in [1.82, 2.24) is 4.58 Å². The van der Waals surface area contributed by atoms with Gasteiger partial charge in [0.15, 0.2) is 0 Å². The van der Waals surface area contributed by atoms with E-state index in [1.165, 1.54) is 0 Å². The van der Waals surface area contributed by atoms with Crippen LogP contribution in [-0.4, -0.2) is 19.2 Å². The van der Waals surface area contributed by atoms with Gasteiger partial charge in [0.05, 0.1) is 6.07 Å². The van der Waals surface area contributed by atoms with Crippen LogP contribution in [0.2, 0.25) is 0 Å². The summed E-state index contributed by atoms with van der Waals surface area (Å²) in [6, 6.07) is 8.95. The molecule has 0 radical (unpaired) electrons. The van der Waals surface area contributed by atoms with Gasteiger partial charge in [0, 0.05) is 11.5 Å². The van der Waals surface area contributed by atoms with E-state index in [-0.39, 0.29) is 5.75 Å². The van der Waals surface area contributed by atoms with Crippen molar-refractivity contribution in [2.24, 2.45) is 0 Å². The predicted octanol–water partition coefficient (Wildman–Crippen LogP) is 1.17. The maximum Gasteiger partial charge on any atom is 0.367 e. The van der Waals surface area contributed by atoms with Gasteiger partial charge in [0.1, 0.15) is 25.4 Å². The number of hydrogen-bond acceptors (Lipinski definition) is 2. The van der Waals surface area contributed by atoms with Crippen molar-refractivity contribution in [3.8, 4) is 5.75 Å². The van der Waals surface area contributed by atoms with E-state index in [0.29, 0.717) is 5.58 Å². The first kappa shape index (κ1) is 8.81. The maximum absolute atomic E-state index is 9.29. The first-order chi connectivity index (χ1) is 6.66. The van der Waals surface area contributed by atoms with Crippen LogP contribution in [0.5, 0.6) is 5.75 Å². The first-order valence-electron chi connectivity index (χ1n) is 4.40. The number of phenols is 1. The molecule has 14 heavy (non-hydrogen) atoms. The van der Waals surface area contributed by atoms with Crippen LogP contribution in [0.3, 0.4) is 0 Å². The SMILES string of the molecule is C[N+](C)=c1ccc2ccc(O)cc2o1. The zero-order chi connectivity index (χ0) is 10.1. The lowest BCUT2D eigenvalue weighted by Gasteiger charge is -1.96. The van der Waals surface area contributed by atoms with Gasteiger partial charge < -0.3 is 9.52 Å².